The fourth-order valence-electron chi connectivity index (χ4n) is 2.96. The zero-order chi connectivity index (χ0) is 19.5. The van der Waals surface area contributed by atoms with E-state index in [2.05, 4.69) is 30.2 Å². The molecule has 0 radical (unpaired) electrons. The van der Waals surface area contributed by atoms with Crippen molar-refractivity contribution in [2.45, 2.75) is 19.8 Å². The number of nitrogens with one attached hydrogen (secondary N) is 1. The van der Waals surface area contributed by atoms with E-state index in [0.29, 0.717) is 22.4 Å². The Morgan fingerprint density at radius 2 is 1.64 bits per heavy atom. The molecule has 5 heteroatoms. The summed E-state index contributed by atoms with van der Waals surface area (Å²) in [6.07, 6.45) is 0. The highest BCUT2D eigenvalue weighted by molar-refractivity contribution is 7.22. The Hall–Kier alpha value is -3.18. The number of para-hydroxylation sites is 2. The highest BCUT2D eigenvalue weighted by Crippen LogP contribution is 2.32. The number of carbonyl (C=O) groups excluding carboxylic acids is 1. The van der Waals surface area contributed by atoms with E-state index >= 15 is 0 Å². The molecule has 1 aromatic heterocycles. The predicted molar refractivity (Wildman–Crippen MR) is 115 cm³/mol. The van der Waals surface area contributed by atoms with Gasteiger partial charge in [-0.05, 0) is 53.9 Å². The molecule has 140 valence electrons. The van der Waals surface area contributed by atoms with Crippen LogP contribution >= 0.6 is 11.3 Å². The summed E-state index contributed by atoms with van der Waals surface area (Å²) in [4.78, 5) is 17.2. The first kappa shape index (κ1) is 18.2. The number of ether oxygens (including phenoxy) is 1. The molecule has 1 N–H and O–H groups in total. The van der Waals surface area contributed by atoms with Gasteiger partial charge >= 0.3 is 0 Å². The number of hydrogen-bond acceptors (Lipinski definition) is 4. The lowest BCUT2D eigenvalue weighted by Crippen LogP contribution is -2.11. The SMILES string of the molecule is CC(C)c1cccc2sc(NC(=O)c3ccc(Oc4ccccc4)cc3)nc12. The number of thiazole rings is 1. The van der Waals surface area contributed by atoms with Gasteiger partial charge in [0.15, 0.2) is 5.13 Å². The van der Waals surface area contributed by atoms with Crippen LogP contribution in [0.15, 0.2) is 72.8 Å². The van der Waals surface area contributed by atoms with Crippen LogP contribution in [0.3, 0.4) is 0 Å². The summed E-state index contributed by atoms with van der Waals surface area (Å²) in [6, 6.07) is 22.8. The normalized spacial score (nSPS) is 11.0. The topological polar surface area (TPSA) is 51.2 Å². The molecule has 0 aliphatic carbocycles. The van der Waals surface area contributed by atoms with Crippen molar-refractivity contribution < 1.29 is 9.53 Å². The Balaban J connectivity index is 1.49. The van der Waals surface area contributed by atoms with Crippen LogP contribution in [0.1, 0.15) is 35.7 Å². The molecule has 0 bridgehead atoms. The monoisotopic (exact) mass is 388 g/mol. The molecule has 0 fully saturated rings. The highest BCUT2D eigenvalue weighted by Gasteiger charge is 2.13. The number of nitrogens with zero attached hydrogens (tertiary/aromatic N) is 1. The lowest BCUT2D eigenvalue weighted by Gasteiger charge is -2.06. The number of rotatable bonds is 5. The molecule has 4 nitrogen and oxygen atoms in total. The zero-order valence-corrected chi connectivity index (χ0v) is 16.5. The quantitative estimate of drug-likeness (QED) is 0.426. The third-order valence-corrected chi connectivity index (χ3v) is 5.32. The summed E-state index contributed by atoms with van der Waals surface area (Å²) < 4.78 is 6.84. The second-order valence-corrected chi connectivity index (χ2v) is 7.79. The van der Waals surface area contributed by atoms with Gasteiger partial charge in [-0.25, -0.2) is 4.98 Å². The van der Waals surface area contributed by atoms with Crippen molar-refractivity contribution in [2.24, 2.45) is 0 Å². The molecule has 1 amide bonds. The van der Waals surface area contributed by atoms with Crippen LogP contribution in [0.2, 0.25) is 0 Å². The Kier molecular flexibility index (Phi) is 5.08. The number of hydrogen-bond donors (Lipinski definition) is 1. The first-order chi connectivity index (χ1) is 13.6. The number of benzene rings is 3. The van der Waals surface area contributed by atoms with Gasteiger partial charge in [0.2, 0.25) is 0 Å². The van der Waals surface area contributed by atoms with Crippen LogP contribution in [0.25, 0.3) is 10.2 Å². The van der Waals surface area contributed by atoms with Crippen LogP contribution in [-0.2, 0) is 0 Å². The maximum absolute atomic E-state index is 12.6. The van der Waals surface area contributed by atoms with Gasteiger partial charge in [-0.3, -0.25) is 10.1 Å². The Labute approximate surface area is 167 Å². The van der Waals surface area contributed by atoms with E-state index in [1.54, 1.807) is 24.3 Å². The van der Waals surface area contributed by atoms with E-state index in [-0.39, 0.29) is 5.91 Å². The molecular weight excluding hydrogens is 368 g/mol. The number of amides is 1. The van der Waals surface area contributed by atoms with Crippen molar-refractivity contribution in [3.05, 3.63) is 83.9 Å². The molecule has 0 unspecified atom stereocenters. The van der Waals surface area contributed by atoms with Crippen molar-refractivity contribution >= 4 is 32.6 Å². The molecule has 0 saturated heterocycles. The molecule has 3 aromatic carbocycles. The smallest absolute Gasteiger partial charge is 0.257 e. The molecule has 0 aliphatic heterocycles. The Morgan fingerprint density at radius 1 is 0.929 bits per heavy atom. The van der Waals surface area contributed by atoms with Crippen molar-refractivity contribution in [1.82, 2.24) is 4.98 Å². The molecular formula is C23H20N2O2S. The third-order valence-electron chi connectivity index (χ3n) is 4.39. The summed E-state index contributed by atoms with van der Waals surface area (Å²) in [6.45, 7) is 4.29. The van der Waals surface area contributed by atoms with Gasteiger partial charge in [-0.2, -0.15) is 0 Å². The molecule has 4 rings (SSSR count). The second-order valence-electron chi connectivity index (χ2n) is 6.76. The van der Waals surface area contributed by atoms with E-state index in [9.17, 15) is 4.79 Å². The summed E-state index contributed by atoms with van der Waals surface area (Å²) in [7, 11) is 0. The van der Waals surface area contributed by atoms with Gasteiger partial charge in [0, 0.05) is 5.56 Å². The molecule has 0 saturated carbocycles. The van der Waals surface area contributed by atoms with Crippen molar-refractivity contribution in [1.29, 1.82) is 0 Å². The van der Waals surface area contributed by atoms with Crippen molar-refractivity contribution in [3.63, 3.8) is 0 Å². The van der Waals surface area contributed by atoms with Gasteiger partial charge in [0.05, 0.1) is 10.2 Å². The van der Waals surface area contributed by atoms with Gasteiger partial charge in [0.1, 0.15) is 11.5 Å². The highest BCUT2D eigenvalue weighted by atomic mass is 32.1. The fourth-order valence-corrected chi connectivity index (χ4v) is 3.85. The summed E-state index contributed by atoms with van der Waals surface area (Å²) in [5.74, 6) is 1.64. The van der Waals surface area contributed by atoms with Crippen LogP contribution in [0.5, 0.6) is 11.5 Å². The van der Waals surface area contributed by atoms with Gasteiger partial charge in [-0.15, -0.1) is 0 Å². The minimum Gasteiger partial charge on any atom is -0.457 e. The van der Waals surface area contributed by atoms with Crippen LogP contribution in [-0.4, -0.2) is 10.9 Å². The molecule has 0 aliphatic rings. The first-order valence-electron chi connectivity index (χ1n) is 9.14. The predicted octanol–water partition coefficient (Wildman–Crippen LogP) is 6.46. The minimum atomic E-state index is -0.184. The maximum atomic E-state index is 12.6. The zero-order valence-electron chi connectivity index (χ0n) is 15.7. The average Bonchev–Trinajstić information content (AvgIpc) is 3.11. The molecule has 4 aromatic rings. The molecule has 0 atom stereocenters. The largest absolute Gasteiger partial charge is 0.457 e. The van der Waals surface area contributed by atoms with E-state index < -0.39 is 0 Å². The molecule has 28 heavy (non-hydrogen) atoms. The van der Waals surface area contributed by atoms with Crippen LogP contribution in [0, 0.1) is 0 Å². The average molecular weight is 388 g/mol. The summed E-state index contributed by atoms with van der Waals surface area (Å²) in [5.41, 5.74) is 2.71. The van der Waals surface area contributed by atoms with Crippen molar-refractivity contribution in [3.8, 4) is 11.5 Å². The number of carbonyl (C=O) groups is 1. The van der Waals surface area contributed by atoms with Crippen molar-refractivity contribution in [2.75, 3.05) is 5.32 Å². The fraction of sp³-hybridized carbons (Fsp3) is 0.130. The lowest BCUT2D eigenvalue weighted by atomic mass is 10.0. The van der Waals surface area contributed by atoms with E-state index in [0.717, 1.165) is 16.0 Å². The van der Waals surface area contributed by atoms with Crippen LogP contribution in [0.4, 0.5) is 5.13 Å². The van der Waals surface area contributed by atoms with E-state index in [1.165, 1.54) is 16.9 Å². The third kappa shape index (κ3) is 3.89. The van der Waals surface area contributed by atoms with E-state index in [1.807, 2.05) is 42.5 Å². The second kappa shape index (κ2) is 7.82. The number of anilines is 1. The van der Waals surface area contributed by atoms with Crippen LogP contribution < -0.4 is 10.1 Å². The summed E-state index contributed by atoms with van der Waals surface area (Å²) in [5, 5.41) is 3.52. The lowest BCUT2D eigenvalue weighted by molar-refractivity contribution is 0.102. The van der Waals surface area contributed by atoms with Gasteiger partial charge < -0.3 is 4.74 Å². The number of fused-ring (bicyclic) bond motifs is 1. The van der Waals surface area contributed by atoms with Gasteiger partial charge in [-0.1, -0.05) is 55.5 Å². The standard InChI is InChI=1S/C23H20N2O2S/c1-15(2)19-9-6-10-20-21(19)24-23(28-20)25-22(26)16-11-13-18(14-12-16)27-17-7-4-3-5-8-17/h3-15H,1-2H3,(H,24,25,26). The Bertz CT molecular complexity index is 1100. The first-order valence-corrected chi connectivity index (χ1v) is 9.95. The van der Waals surface area contributed by atoms with Gasteiger partial charge in [0.25, 0.3) is 5.91 Å². The van der Waals surface area contributed by atoms with E-state index in [4.69, 9.17) is 4.74 Å². The maximum Gasteiger partial charge on any atom is 0.257 e. The number of aromatic nitrogens is 1. The molecule has 1 heterocycles. The molecule has 0 spiro atoms. The minimum absolute atomic E-state index is 0.184. The Morgan fingerprint density at radius 3 is 2.36 bits per heavy atom. The summed E-state index contributed by atoms with van der Waals surface area (Å²) >= 11 is 1.49.